The first kappa shape index (κ1) is 16.0. The molecule has 3 heteroatoms. The topological polar surface area (TPSA) is 30.5 Å². The van der Waals surface area contributed by atoms with Crippen LogP contribution in [0.4, 0.5) is 0 Å². The van der Waals surface area contributed by atoms with E-state index in [-0.39, 0.29) is 0 Å². The molecule has 3 nitrogen and oxygen atoms in total. The monoisotopic (exact) mass is 265 g/mol. The Labute approximate surface area is 117 Å². The van der Waals surface area contributed by atoms with Gasteiger partial charge in [0, 0.05) is 13.7 Å². The Hall–Kier alpha value is -1.06. The molecular formula is C16H27NO2. The summed E-state index contributed by atoms with van der Waals surface area (Å²) in [4.78, 5) is 0. The van der Waals surface area contributed by atoms with Gasteiger partial charge in [0.25, 0.3) is 0 Å². The Kier molecular flexibility index (Phi) is 8.26. The Balaban J connectivity index is 2.10. The van der Waals surface area contributed by atoms with Crippen LogP contribution in [0.1, 0.15) is 32.3 Å². The predicted molar refractivity (Wildman–Crippen MR) is 79.6 cm³/mol. The first-order valence-corrected chi connectivity index (χ1v) is 7.13. The fraction of sp³-hybridized carbons (Fsp3) is 0.625. The van der Waals surface area contributed by atoms with E-state index in [1.807, 2.05) is 24.3 Å². The molecule has 1 N–H and O–H groups in total. The van der Waals surface area contributed by atoms with Crippen LogP contribution in [0, 0.1) is 5.92 Å². The molecule has 0 aliphatic rings. The van der Waals surface area contributed by atoms with Gasteiger partial charge >= 0.3 is 0 Å². The number of rotatable bonds is 10. The second-order valence-electron chi connectivity index (χ2n) is 5.21. The van der Waals surface area contributed by atoms with Crippen LogP contribution < -0.4 is 10.1 Å². The van der Waals surface area contributed by atoms with Crippen LogP contribution in [-0.4, -0.2) is 26.8 Å². The molecule has 1 aromatic carbocycles. The van der Waals surface area contributed by atoms with Crippen molar-refractivity contribution in [1.82, 2.24) is 5.32 Å². The summed E-state index contributed by atoms with van der Waals surface area (Å²) in [5.74, 6) is 1.71. The SMILES string of the molecule is COCc1cccc(OCCNCCCC(C)C)c1. The quantitative estimate of drug-likeness (QED) is 0.659. The molecule has 0 aliphatic heterocycles. The molecule has 1 aromatic rings. The molecule has 0 bridgehead atoms. The zero-order valence-corrected chi connectivity index (χ0v) is 12.4. The van der Waals surface area contributed by atoms with Gasteiger partial charge in [-0.3, -0.25) is 0 Å². The highest BCUT2D eigenvalue weighted by Gasteiger charge is 1.97. The molecule has 0 aromatic heterocycles. The van der Waals surface area contributed by atoms with Crippen LogP contribution in [0.3, 0.4) is 0 Å². The molecule has 0 fully saturated rings. The molecule has 108 valence electrons. The molecule has 0 aliphatic carbocycles. The van der Waals surface area contributed by atoms with Crippen molar-refractivity contribution in [3.63, 3.8) is 0 Å². The molecule has 0 saturated carbocycles. The summed E-state index contributed by atoms with van der Waals surface area (Å²) in [6.45, 7) is 7.83. The second-order valence-corrected chi connectivity index (χ2v) is 5.21. The third-order valence-electron chi connectivity index (χ3n) is 2.89. The summed E-state index contributed by atoms with van der Waals surface area (Å²) in [5, 5.41) is 3.40. The summed E-state index contributed by atoms with van der Waals surface area (Å²) in [6.07, 6.45) is 2.52. The van der Waals surface area contributed by atoms with Crippen LogP contribution in [0.15, 0.2) is 24.3 Å². The summed E-state index contributed by atoms with van der Waals surface area (Å²) in [6, 6.07) is 8.06. The van der Waals surface area contributed by atoms with Gasteiger partial charge in [-0.2, -0.15) is 0 Å². The van der Waals surface area contributed by atoms with Gasteiger partial charge in [0.15, 0.2) is 0 Å². The number of ether oxygens (including phenoxy) is 2. The first-order chi connectivity index (χ1) is 9.22. The maximum atomic E-state index is 5.70. The molecule has 19 heavy (non-hydrogen) atoms. The van der Waals surface area contributed by atoms with Gasteiger partial charge in [-0.15, -0.1) is 0 Å². The van der Waals surface area contributed by atoms with Gasteiger partial charge in [-0.05, 0) is 43.0 Å². The van der Waals surface area contributed by atoms with Gasteiger partial charge < -0.3 is 14.8 Å². The van der Waals surface area contributed by atoms with Crippen molar-refractivity contribution in [3.05, 3.63) is 29.8 Å². The van der Waals surface area contributed by atoms with Gasteiger partial charge in [-0.1, -0.05) is 26.0 Å². The Bertz CT molecular complexity index is 339. The zero-order chi connectivity index (χ0) is 13.9. The molecule has 0 unspecified atom stereocenters. The van der Waals surface area contributed by atoms with Crippen LogP contribution in [0.25, 0.3) is 0 Å². The maximum absolute atomic E-state index is 5.70. The van der Waals surface area contributed by atoms with E-state index in [1.165, 1.54) is 12.8 Å². The molecule has 1 rings (SSSR count). The highest BCUT2D eigenvalue weighted by atomic mass is 16.5. The van der Waals surface area contributed by atoms with Crippen molar-refractivity contribution in [2.24, 2.45) is 5.92 Å². The van der Waals surface area contributed by atoms with Crippen LogP contribution in [0.2, 0.25) is 0 Å². The minimum Gasteiger partial charge on any atom is -0.492 e. The summed E-state index contributed by atoms with van der Waals surface area (Å²) >= 11 is 0. The molecule has 0 heterocycles. The third kappa shape index (κ3) is 7.85. The lowest BCUT2D eigenvalue weighted by atomic mass is 10.1. The van der Waals surface area contributed by atoms with Crippen molar-refractivity contribution < 1.29 is 9.47 Å². The molecule has 0 amide bonds. The minimum absolute atomic E-state index is 0.630. The number of hydrogen-bond acceptors (Lipinski definition) is 3. The van der Waals surface area contributed by atoms with Gasteiger partial charge in [-0.25, -0.2) is 0 Å². The van der Waals surface area contributed by atoms with E-state index in [4.69, 9.17) is 9.47 Å². The van der Waals surface area contributed by atoms with Crippen molar-refractivity contribution in [2.45, 2.75) is 33.3 Å². The Morgan fingerprint density at radius 1 is 1.21 bits per heavy atom. The maximum Gasteiger partial charge on any atom is 0.119 e. The normalized spacial score (nSPS) is 10.9. The summed E-state index contributed by atoms with van der Waals surface area (Å²) < 4.78 is 10.8. The van der Waals surface area contributed by atoms with E-state index in [1.54, 1.807) is 7.11 Å². The number of benzene rings is 1. The van der Waals surface area contributed by atoms with E-state index in [9.17, 15) is 0 Å². The second kappa shape index (κ2) is 9.82. The van der Waals surface area contributed by atoms with Gasteiger partial charge in [0.05, 0.1) is 6.61 Å². The largest absolute Gasteiger partial charge is 0.492 e. The van der Waals surface area contributed by atoms with Crippen molar-refractivity contribution >= 4 is 0 Å². The average molecular weight is 265 g/mol. The smallest absolute Gasteiger partial charge is 0.119 e. The van der Waals surface area contributed by atoms with Crippen molar-refractivity contribution in [1.29, 1.82) is 0 Å². The number of nitrogens with one attached hydrogen (secondary N) is 1. The highest BCUT2D eigenvalue weighted by Crippen LogP contribution is 2.13. The Morgan fingerprint density at radius 3 is 2.79 bits per heavy atom. The molecular weight excluding hydrogens is 238 g/mol. The molecule has 0 saturated heterocycles. The summed E-state index contributed by atoms with van der Waals surface area (Å²) in [7, 11) is 1.70. The lowest BCUT2D eigenvalue weighted by Gasteiger charge is -2.09. The van der Waals surface area contributed by atoms with E-state index in [2.05, 4.69) is 19.2 Å². The van der Waals surface area contributed by atoms with Crippen molar-refractivity contribution in [2.75, 3.05) is 26.8 Å². The van der Waals surface area contributed by atoms with Crippen LogP contribution in [-0.2, 0) is 11.3 Å². The fourth-order valence-corrected chi connectivity index (χ4v) is 1.89. The summed E-state index contributed by atoms with van der Waals surface area (Å²) in [5.41, 5.74) is 1.14. The lowest BCUT2D eigenvalue weighted by molar-refractivity contribution is 0.184. The predicted octanol–water partition coefficient (Wildman–Crippen LogP) is 3.24. The highest BCUT2D eigenvalue weighted by molar-refractivity contribution is 5.28. The van der Waals surface area contributed by atoms with E-state index >= 15 is 0 Å². The van der Waals surface area contributed by atoms with E-state index in [0.29, 0.717) is 13.2 Å². The molecule has 0 atom stereocenters. The third-order valence-corrected chi connectivity index (χ3v) is 2.89. The van der Waals surface area contributed by atoms with Crippen LogP contribution in [0.5, 0.6) is 5.75 Å². The van der Waals surface area contributed by atoms with E-state index in [0.717, 1.165) is 30.3 Å². The molecule has 0 radical (unpaired) electrons. The van der Waals surface area contributed by atoms with Gasteiger partial charge in [0.2, 0.25) is 0 Å². The molecule has 0 spiro atoms. The average Bonchev–Trinajstić information content (AvgIpc) is 2.38. The van der Waals surface area contributed by atoms with Crippen molar-refractivity contribution in [3.8, 4) is 5.75 Å². The lowest BCUT2D eigenvalue weighted by Crippen LogP contribution is -2.22. The minimum atomic E-state index is 0.630. The standard InChI is InChI=1S/C16H27NO2/c1-14(2)6-5-9-17-10-11-19-16-8-4-7-15(12-16)13-18-3/h4,7-8,12,14,17H,5-6,9-11,13H2,1-3H3. The Morgan fingerprint density at radius 2 is 2.05 bits per heavy atom. The van der Waals surface area contributed by atoms with Gasteiger partial charge in [0.1, 0.15) is 12.4 Å². The fourth-order valence-electron chi connectivity index (χ4n) is 1.89. The zero-order valence-electron chi connectivity index (χ0n) is 12.4. The number of hydrogen-bond donors (Lipinski definition) is 1. The first-order valence-electron chi connectivity index (χ1n) is 7.13. The number of methoxy groups -OCH3 is 1. The van der Waals surface area contributed by atoms with E-state index < -0.39 is 0 Å². The van der Waals surface area contributed by atoms with Crippen LogP contribution >= 0.6 is 0 Å².